The molecule has 1 heterocycles. The Morgan fingerprint density at radius 2 is 1.38 bits per heavy atom. The zero-order chi connectivity index (χ0) is 10.3. The van der Waals surface area contributed by atoms with Crippen LogP contribution in [-0.4, -0.2) is 33.0 Å². The first kappa shape index (κ1) is 11.4. The Morgan fingerprint density at radius 3 is 1.69 bits per heavy atom. The Hall–Kier alpha value is 0.300. The normalized spacial score (nSPS) is 30.6. The van der Waals surface area contributed by atoms with Crippen LogP contribution in [0.15, 0.2) is 0 Å². The molecule has 0 spiro atoms. The molecule has 0 bridgehead atoms. The summed E-state index contributed by atoms with van der Waals surface area (Å²) in [5.41, 5.74) is 0. The van der Waals surface area contributed by atoms with Gasteiger partial charge in [-0.25, -0.2) is 0 Å². The van der Waals surface area contributed by atoms with Gasteiger partial charge in [-0.15, -0.1) is 0 Å². The maximum Gasteiger partial charge on any atom is 0.300 e. The van der Waals surface area contributed by atoms with Crippen LogP contribution in [0.1, 0.15) is 6.92 Å². The molecule has 6 nitrogen and oxygen atoms in total. The minimum Gasteiger partial charge on any atom is -0.266 e. The summed E-state index contributed by atoms with van der Waals surface area (Å²) in [5, 5.41) is 0. The van der Waals surface area contributed by atoms with Crippen LogP contribution in [0.3, 0.4) is 0 Å². The van der Waals surface area contributed by atoms with Crippen molar-refractivity contribution in [3.05, 3.63) is 0 Å². The second-order valence-electron chi connectivity index (χ2n) is 2.39. The van der Waals surface area contributed by atoms with E-state index in [1.165, 1.54) is 0 Å². The summed E-state index contributed by atoms with van der Waals surface area (Å²) in [6.45, 7) is 0.342. The van der Waals surface area contributed by atoms with E-state index >= 15 is 0 Å². The van der Waals surface area contributed by atoms with Crippen LogP contribution < -0.4 is 0 Å². The first-order valence-electron chi connectivity index (χ1n) is 3.17. The molecule has 0 aromatic heterocycles. The highest BCUT2D eigenvalue weighted by Crippen LogP contribution is 2.35. The Balaban J connectivity index is 3.36. The van der Waals surface area contributed by atoms with Gasteiger partial charge in [-0.2, -0.15) is 16.8 Å². The monoisotopic (exact) mass is 294 g/mol. The fourth-order valence-electron chi connectivity index (χ4n) is 0.623. The standard InChI is InChI=1S/C4H7BrO6S2/c1-4(5)12(6,7)10-2-3-11-13(4,8)9/h2-3H2,1H3. The fraction of sp³-hybridized carbons (Fsp3) is 1.00. The Labute approximate surface area is 84.6 Å². The van der Waals surface area contributed by atoms with Crippen LogP contribution in [0.4, 0.5) is 0 Å². The second kappa shape index (κ2) is 3.16. The van der Waals surface area contributed by atoms with E-state index in [-0.39, 0.29) is 13.2 Å². The van der Waals surface area contributed by atoms with Crippen LogP contribution >= 0.6 is 15.9 Å². The van der Waals surface area contributed by atoms with E-state index in [9.17, 15) is 16.8 Å². The third-order valence-electron chi connectivity index (χ3n) is 1.45. The van der Waals surface area contributed by atoms with Gasteiger partial charge in [0.25, 0.3) is 23.2 Å². The molecule has 0 radical (unpaired) electrons. The van der Waals surface area contributed by atoms with Crippen molar-refractivity contribution in [2.24, 2.45) is 0 Å². The van der Waals surface area contributed by atoms with Gasteiger partial charge in [0.1, 0.15) is 0 Å². The summed E-state index contributed by atoms with van der Waals surface area (Å²) < 4.78 is 51.3. The lowest BCUT2D eigenvalue weighted by atomic mass is 10.8. The molecule has 78 valence electrons. The Bertz CT molecular complexity index is 354. The minimum absolute atomic E-state index is 0.303. The van der Waals surface area contributed by atoms with E-state index in [1.807, 2.05) is 0 Å². The molecule has 1 aliphatic heterocycles. The molecule has 0 amide bonds. The van der Waals surface area contributed by atoms with Gasteiger partial charge in [0.05, 0.1) is 13.2 Å². The van der Waals surface area contributed by atoms with Gasteiger partial charge in [-0.05, 0) is 22.9 Å². The summed E-state index contributed by atoms with van der Waals surface area (Å²) in [6, 6.07) is 0. The van der Waals surface area contributed by atoms with Crippen LogP contribution in [0.5, 0.6) is 0 Å². The van der Waals surface area contributed by atoms with Crippen LogP contribution in [-0.2, 0) is 28.6 Å². The highest BCUT2D eigenvalue weighted by atomic mass is 79.9. The first-order valence-corrected chi connectivity index (χ1v) is 6.78. The van der Waals surface area contributed by atoms with Crippen LogP contribution in [0.2, 0.25) is 0 Å². The maximum atomic E-state index is 11.2. The van der Waals surface area contributed by atoms with Crippen LogP contribution in [0, 0.1) is 0 Å². The van der Waals surface area contributed by atoms with Gasteiger partial charge in [0.15, 0.2) is 0 Å². The Kier molecular flexibility index (Phi) is 2.76. The van der Waals surface area contributed by atoms with Gasteiger partial charge < -0.3 is 0 Å². The smallest absolute Gasteiger partial charge is 0.266 e. The highest BCUT2D eigenvalue weighted by molar-refractivity contribution is 9.13. The number of hydrogen-bond acceptors (Lipinski definition) is 6. The third-order valence-corrected chi connectivity index (χ3v) is 7.80. The molecule has 13 heavy (non-hydrogen) atoms. The van der Waals surface area contributed by atoms with Crippen molar-refractivity contribution in [2.75, 3.05) is 13.2 Å². The van der Waals surface area contributed by atoms with Gasteiger partial charge in [-0.3, -0.25) is 8.37 Å². The molecule has 1 aliphatic rings. The predicted octanol–water partition coefficient (Wildman–Crippen LogP) is -0.239. The second-order valence-corrected chi connectivity index (χ2v) is 9.20. The SMILES string of the molecule is CC1(Br)S(=O)(=O)OCCOS1(=O)=O. The van der Waals surface area contributed by atoms with Gasteiger partial charge >= 0.3 is 0 Å². The van der Waals surface area contributed by atoms with Gasteiger partial charge in [0.2, 0.25) is 0 Å². The number of alkyl halides is 1. The molecule has 1 rings (SSSR count). The molecule has 1 fully saturated rings. The molecule has 0 N–H and O–H groups in total. The zero-order valence-corrected chi connectivity index (χ0v) is 9.78. The summed E-state index contributed by atoms with van der Waals surface area (Å²) in [5.74, 6) is 0. The number of hydrogen-bond donors (Lipinski definition) is 0. The third kappa shape index (κ3) is 1.75. The lowest BCUT2D eigenvalue weighted by Gasteiger charge is -2.16. The van der Waals surface area contributed by atoms with Crippen molar-refractivity contribution in [1.82, 2.24) is 0 Å². The van der Waals surface area contributed by atoms with E-state index in [2.05, 4.69) is 24.3 Å². The van der Waals surface area contributed by atoms with E-state index in [4.69, 9.17) is 0 Å². The topological polar surface area (TPSA) is 86.7 Å². The average molecular weight is 295 g/mol. The van der Waals surface area contributed by atoms with Crippen molar-refractivity contribution in [3.63, 3.8) is 0 Å². The lowest BCUT2D eigenvalue weighted by Crippen LogP contribution is -2.37. The first-order chi connectivity index (χ1) is 5.71. The van der Waals surface area contributed by atoms with Crippen molar-refractivity contribution >= 4 is 36.2 Å². The summed E-state index contributed by atoms with van der Waals surface area (Å²) >= 11 is 2.56. The average Bonchev–Trinajstić information content (AvgIpc) is 2.01. The molecular formula is C4H7BrO6S2. The van der Waals surface area contributed by atoms with E-state index < -0.39 is 23.2 Å². The molecule has 0 unspecified atom stereocenters. The number of halogens is 1. The van der Waals surface area contributed by atoms with Crippen molar-refractivity contribution < 1.29 is 25.2 Å². The van der Waals surface area contributed by atoms with Crippen molar-refractivity contribution in [2.45, 2.75) is 9.91 Å². The molecule has 0 atom stereocenters. The lowest BCUT2D eigenvalue weighted by molar-refractivity contribution is 0.237. The highest BCUT2D eigenvalue weighted by Gasteiger charge is 2.52. The quantitative estimate of drug-likeness (QED) is 0.453. The van der Waals surface area contributed by atoms with E-state index in [0.717, 1.165) is 6.92 Å². The molecular weight excluding hydrogens is 288 g/mol. The molecule has 0 aromatic rings. The summed E-state index contributed by atoms with van der Waals surface area (Å²) in [7, 11) is -8.40. The van der Waals surface area contributed by atoms with E-state index in [1.54, 1.807) is 0 Å². The molecule has 0 aliphatic carbocycles. The molecule has 9 heteroatoms. The minimum atomic E-state index is -4.20. The Morgan fingerprint density at radius 1 is 1.08 bits per heavy atom. The summed E-state index contributed by atoms with van der Waals surface area (Å²) in [6.07, 6.45) is 0. The van der Waals surface area contributed by atoms with Gasteiger partial charge in [0, 0.05) is 0 Å². The molecule has 0 aromatic carbocycles. The maximum absolute atomic E-state index is 11.2. The van der Waals surface area contributed by atoms with Gasteiger partial charge in [-0.1, -0.05) is 0 Å². The predicted molar refractivity (Wildman–Crippen MR) is 47.1 cm³/mol. The zero-order valence-electron chi connectivity index (χ0n) is 6.56. The van der Waals surface area contributed by atoms with E-state index in [0.29, 0.717) is 0 Å². The molecule has 0 saturated carbocycles. The number of rotatable bonds is 0. The van der Waals surface area contributed by atoms with Crippen LogP contribution in [0.25, 0.3) is 0 Å². The fourth-order valence-corrected chi connectivity index (χ4v) is 3.47. The summed E-state index contributed by atoms with van der Waals surface area (Å²) in [4.78, 5) is 0. The largest absolute Gasteiger partial charge is 0.300 e. The molecule has 1 saturated heterocycles. The van der Waals surface area contributed by atoms with Crippen molar-refractivity contribution in [3.8, 4) is 0 Å². The van der Waals surface area contributed by atoms with Crippen molar-refractivity contribution in [1.29, 1.82) is 0 Å².